The summed E-state index contributed by atoms with van der Waals surface area (Å²) in [5.74, 6) is 1.43. The van der Waals surface area contributed by atoms with Gasteiger partial charge in [0.2, 0.25) is 5.91 Å². The molecule has 0 fully saturated rings. The molecule has 0 aliphatic heterocycles. The molecule has 1 aromatic carbocycles. The average Bonchev–Trinajstić information content (AvgIpc) is 2.44. The molecule has 0 aliphatic rings. The van der Waals surface area contributed by atoms with Crippen LogP contribution in [0.25, 0.3) is 0 Å². The zero-order valence-corrected chi connectivity index (χ0v) is 14.0. The highest BCUT2D eigenvalue weighted by Gasteiger charge is 2.06. The molecule has 0 atom stereocenters. The Morgan fingerprint density at radius 1 is 1.24 bits per heavy atom. The van der Waals surface area contributed by atoms with E-state index in [0.29, 0.717) is 25.5 Å². The van der Waals surface area contributed by atoms with E-state index in [1.54, 1.807) is 0 Å². The van der Waals surface area contributed by atoms with Crippen LogP contribution >= 0.6 is 12.4 Å². The number of amides is 1. The normalized spacial score (nSPS) is 10.1. The molecule has 0 heterocycles. The number of ether oxygens (including phenoxy) is 1. The van der Waals surface area contributed by atoms with Crippen LogP contribution in [0.1, 0.15) is 38.2 Å². The predicted octanol–water partition coefficient (Wildman–Crippen LogP) is 2.73. The predicted molar refractivity (Wildman–Crippen MR) is 89.4 cm³/mol. The van der Waals surface area contributed by atoms with E-state index in [1.165, 1.54) is 5.56 Å². The monoisotopic (exact) mass is 314 g/mol. The van der Waals surface area contributed by atoms with Crippen LogP contribution in [-0.4, -0.2) is 32.7 Å². The van der Waals surface area contributed by atoms with Crippen molar-refractivity contribution in [2.24, 2.45) is 0 Å². The Morgan fingerprint density at radius 2 is 1.95 bits per heavy atom. The van der Waals surface area contributed by atoms with E-state index in [9.17, 15) is 4.79 Å². The molecule has 0 aromatic heterocycles. The lowest BCUT2D eigenvalue weighted by Gasteiger charge is -2.14. The molecule has 0 unspecified atom stereocenters. The van der Waals surface area contributed by atoms with Crippen molar-refractivity contribution < 1.29 is 9.53 Å². The first-order valence-electron chi connectivity index (χ1n) is 7.28. The molecule has 120 valence electrons. The summed E-state index contributed by atoms with van der Waals surface area (Å²) in [6.45, 7) is 6.20. The Labute approximate surface area is 134 Å². The molecule has 4 nitrogen and oxygen atoms in total. The summed E-state index contributed by atoms with van der Waals surface area (Å²) in [7, 11) is 1.89. The van der Waals surface area contributed by atoms with Crippen LogP contribution in [0.2, 0.25) is 0 Å². The fraction of sp³-hybridized carbons (Fsp3) is 0.562. The molecule has 1 aromatic rings. The number of hydrogen-bond acceptors (Lipinski definition) is 3. The van der Waals surface area contributed by atoms with Gasteiger partial charge in [0.1, 0.15) is 12.4 Å². The Balaban J connectivity index is 0.00000400. The van der Waals surface area contributed by atoms with Crippen LogP contribution in [0, 0.1) is 0 Å². The summed E-state index contributed by atoms with van der Waals surface area (Å²) in [5.41, 5.74) is 1.20. The number of hydrogen-bond donors (Lipinski definition) is 2. The fourth-order valence-electron chi connectivity index (χ4n) is 1.95. The third-order valence-corrected chi connectivity index (χ3v) is 3.05. The lowest BCUT2D eigenvalue weighted by Crippen LogP contribution is -2.28. The zero-order chi connectivity index (χ0) is 14.8. The van der Waals surface area contributed by atoms with Gasteiger partial charge >= 0.3 is 0 Å². The van der Waals surface area contributed by atoms with Gasteiger partial charge in [0.05, 0.1) is 6.54 Å². The number of carbonyl (C=O) groups excluding carboxylic acids is 1. The van der Waals surface area contributed by atoms with Crippen molar-refractivity contribution in [2.75, 3.05) is 26.7 Å². The van der Waals surface area contributed by atoms with Gasteiger partial charge in [-0.25, -0.2) is 0 Å². The number of nitrogens with one attached hydrogen (secondary N) is 2. The van der Waals surface area contributed by atoms with Crippen molar-refractivity contribution in [2.45, 2.75) is 32.6 Å². The number of carbonyl (C=O) groups is 1. The van der Waals surface area contributed by atoms with Crippen LogP contribution in [0.15, 0.2) is 24.3 Å². The second-order valence-electron chi connectivity index (χ2n) is 5.10. The first kappa shape index (κ1) is 19.7. The van der Waals surface area contributed by atoms with Crippen LogP contribution < -0.4 is 15.4 Å². The molecule has 0 radical (unpaired) electrons. The molecule has 0 spiro atoms. The highest BCUT2D eigenvalue weighted by molar-refractivity contribution is 5.85. The Bertz CT molecular complexity index is 411. The van der Waals surface area contributed by atoms with E-state index in [4.69, 9.17) is 4.74 Å². The minimum atomic E-state index is 0. The first-order chi connectivity index (χ1) is 9.65. The molecule has 1 rings (SSSR count). The largest absolute Gasteiger partial charge is 0.491 e. The van der Waals surface area contributed by atoms with Crippen LogP contribution in [0.3, 0.4) is 0 Å². The molecule has 2 N–H and O–H groups in total. The van der Waals surface area contributed by atoms with Gasteiger partial charge in [-0.3, -0.25) is 4.79 Å². The number of rotatable bonds is 9. The van der Waals surface area contributed by atoms with Gasteiger partial charge in [-0.1, -0.05) is 32.0 Å². The first-order valence-corrected chi connectivity index (χ1v) is 7.28. The molecule has 5 heteroatoms. The van der Waals surface area contributed by atoms with Crippen molar-refractivity contribution in [1.82, 2.24) is 10.6 Å². The molecular formula is C16H27ClN2O2. The lowest BCUT2D eigenvalue weighted by atomic mass is 10.0. The summed E-state index contributed by atoms with van der Waals surface area (Å²) in [5, 5.41) is 5.89. The standard InChI is InChI=1S/C16H26N2O2.ClH/c1-13(2)14-7-4-5-8-15(14)20-12-11-18-16(19)9-6-10-17-3;/h4-5,7-8,13,17H,6,9-12H2,1-3H3,(H,18,19);1H. The molecule has 0 bridgehead atoms. The summed E-state index contributed by atoms with van der Waals surface area (Å²) < 4.78 is 5.75. The van der Waals surface area contributed by atoms with Gasteiger partial charge in [-0.2, -0.15) is 0 Å². The smallest absolute Gasteiger partial charge is 0.220 e. The fourth-order valence-corrected chi connectivity index (χ4v) is 1.95. The maximum atomic E-state index is 11.5. The van der Waals surface area contributed by atoms with Gasteiger partial charge in [-0.15, -0.1) is 12.4 Å². The zero-order valence-electron chi connectivity index (χ0n) is 13.1. The molecular weight excluding hydrogens is 288 g/mol. The van der Waals surface area contributed by atoms with Gasteiger partial charge in [-0.05, 0) is 37.6 Å². The third-order valence-electron chi connectivity index (χ3n) is 3.05. The number of para-hydroxylation sites is 1. The quantitative estimate of drug-likeness (QED) is 0.689. The van der Waals surface area contributed by atoms with E-state index in [2.05, 4.69) is 30.5 Å². The second-order valence-corrected chi connectivity index (χ2v) is 5.10. The Kier molecular flexibility index (Phi) is 10.7. The van der Waals surface area contributed by atoms with Gasteiger partial charge in [0, 0.05) is 6.42 Å². The van der Waals surface area contributed by atoms with Gasteiger partial charge in [0.15, 0.2) is 0 Å². The number of halogens is 1. The van der Waals surface area contributed by atoms with Crippen molar-refractivity contribution in [3.05, 3.63) is 29.8 Å². The SMILES string of the molecule is CNCCCC(=O)NCCOc1ccccc1C(C)C.Cl. The van der Waals surface area contributed by atoms with Crippen molar-refractivity contribution >= 4 is 18.3 Å². The van der Waals surface area contributed by atoms with Crippen LogP contribution in [0.4, 0.5) is 0 Å². The van der Waals surface area contributed by atoms with Crippen molar-refractivity contribution in [1.29, 1.82) is 0 Å². The van der Waals surface area contributed by atoms with Crippen molar-refractivity contribution in [3.63, 3.8) is 0 Å². The average molecular weight is 315 g/mol. The van der Waals surface area contributed by atoms with E-state index >= 15 is 0 Å². The van der Waals surface area contributed by atoms with E-state index in [0.717, 1.165) is 18.7 Å². The summed E-state index contributed by atoms with van der Waals surface area (Å²) in [4.78, 5) is 11.5. The Hall–Kier alpha value is -1.26. The minimum Gasteiger partial charge on any atom is -0.491 e. The molecule has 0 aliphatic carbocycles. The number of benzene rings is 1. The van der Waals surface area contributed by atoms with Gasteiger partial charge < -0.3 is 15.4 Å². The summed E-state index contributed by atoms with van der Waals surface area (Å²) >= 11 is 0. The maximum Gasteiger partial charge on any atom is 0.220 e. The van der Waals surface area contributed by atoms with Crippen molar-refractivity contribution in [3.8, 4) is 5.75 Å². The highest BCUT2D eigenvalue weighted by Crippen LogP contribution is 2.25. The van der Waals surface area contributed by atoms with E-state index < -0.39 is 0 Å². The maximum absolute atomic E-state index is 11.5. The molecule has 21 heavy (non-hydrogen) atoms. The second kappa shape index (κ2) is 11.4. The third kappa shape index (κ3) is 7.93. The highest BCUT2D eigenvalue weighted by atomic mass is 35.5. The van der Waals surface area contributed by atoms with Crippen LogP contribution in [0.5, 0.6) is 5.75 Å². The summed E-state index contributed by atoms with van der Waals surface area (Å²) in [6, 6.07) is 8.05. The van der Waals surface area contributed by atoms with E-state index in [-0.39, 0.29) is 18.3 Å². The topological polar surface area (TPSA) is 50.4 Å². The molecule has 1 amide bonds. The summed E-state index contributed by atoms with van der Waals surface area (Å²) in [6.07, 6.45) is 1.42. The lowest BCUT2D eigenvalue weighted by molar-refractivity contribution is -0.121. The molecule has 0 saturated heterocycles. The molecule has 0 saturated carbocycles. The van der Waals surface area contributed by atoms with E-state index in [1.807, 2.05) is 25.2 Å². The van der Waals surface area contributed by atoms with Gasteiger partial charge in [0.25, 0.3) is 0 Å². The Morgan fingerprint density at radius 3 is 2.62 bits per heavy atom. The van der Waals surface area contributed by atoms with Crippen LogP contribution in [-0.2, 0) is 4.79 Å². The minimum absolute atomic E-state index is 0.